The SMILES string of the molecule is CC(N)(CC(=O)O)C(=O)c1ccccc1Cl. The zero-order valence-electron chi connectivity index (χ0n) is 8.74. The smallest absolute Gasteiger partial charge is 0.305 e. The minimum absolute atomic E-state index is 0.246. The summed E-state index contributed by atoms with van der Waals surface area (Å²) < 4.78 is 0. The number of carbonyl (C=O) groups excluding carboxylic acids is 1. The Hall–Kier alpha value is -1.39. The summed E-state index contributed by atoms with van der Waals surface area (Å²) in [6, 6.07) is 6.42. The maximum absolute atomic E-state index is 11.9. The highest BCUT2D eigenvalue weighted by atomic mass is 35.5. The van der Waals surface area contributed by atoms with Crippen LogP contribution in [0.25, 0.3) is 0 Å². The van der Waals surface area contributed by atoms with Crippen LogP contribution >= 0.6 is 11.6 Å². The van der Waals surface area contributed by atoms with E-state index in [2.05, 4.69) is 0 Å². The summed E-state index contributed by atoms with van der Waals surface area (Å²) in [5.74, 6) is -1.59. The van der Waals surface area contributed by atoms with Crippen molar-refractivity contribution in [2.75, 3.05) is 0 Å². The Morgan fingerprint density at radius 2 is 2.00 bits per heavy atom. The molecular formula is C11H12ClNO3. The largest absolute Gasteiger partial charge is 0.481 e. The highest BCUT2D eigenvalue weighted by Gasteiger charge is 2.32. The molecule has 0 heterocycles. The van der Waals surface area contributed by atoms with E-state index in [4.69, 9.17) is 22.4 Å². The Kier molecular flexibility index (Phi) is 3.67. The second-order valence-electron chi connectivity index (χ2n) is 3.80. The first-order chi connectivity index (χ1) is 7.34. The van der Waals surface area contributed by atoms with Gasteiger partial charge in [0.2, 0.25) is 0 Å². The van der Waals surface area contributed by atoms with Crippen LogP contribution in [0.1, 0.15) is 23.7 Å². The fraction of sp³-hybridized carbons (Fsp3) is 0.273. The lowest BCUT2D eigenvalue weighted by Crippen LogP contribution is -2.46. The third-order valence-electron chi connectivity index (χ3n) is 2.16. The molecule has 1 aromatic carbocycles. The summed E-state index contributed by atoms with van der Waals surface area (Å²) in [6.07, 6.45) is -0.433. The van der Waals surface area contributed by atoms with E-state index in [9.17, 15) is 9.59 Å². The molecule has 16 heavy (non-hydrogen) atoms. The number of halogens is 1. The molecule has 0 saturated heterocycles. The molecule has 0 saturated carbocycles. The van der Waals surface area contributed by atoms with Gasteiger partial charge in [0.25, 0.3) is 0 Å². The maximum atomic E-state index is 11.9. The van der Waals surface area contributed by atoms with Crippen molar-refractivity contribution in [2.24, 2.45) is 5.73 Å². The maximum Gasteiger partial charge on any atom is 0.305 e. The van der Waals surface area contributed by atoms with Crippen LogP contribution in [0.4, 0.5) is 0 Å². The molecule has 0 amide bonds. The van der Waals surface area contributed by atoms with Crippen molar-refractivity contribution in [2.45, 2.75) is 18.9 Å². The van der Waals surface area contributed by atoms with Crippen LogP contribution in [0.5, 0.6) is 0 Å². The van der Waals surface area contributed by atoms with Gasteiger partial charge < -0.3 is 10.8 Å². The number of carbonyl (C=O) groups is 2. The predicted octanol–water partition coefficient (Wildman–Crippen LogP) is 1.71. The number of benzene rings is 1. The molecule has 0 aliphatic carbocycles. The van der Waals surface area contributed by atoms with Crippen molar-refractivity contribution in [3.05, 3.63) is 34.9 Å². The van der Waals surface area contributed by atoms with E-state index < -0.39 is 23.7 Å². The number of nitrogens with two attached hydrogens (primary N) is 1. The first kappa shape index (κ1) is 12.7. The van der Waals surface area contributed by atoms with Gasteiger partial charge >= 0.3 is 5.97 Å². The van der Waals surface area contributed by atoms with Gasteiger partial charge in [0, 0.05) is 5.56 Å². The van der Waals surface area contributed by atoms with Gasteiger partial charge in [-0.1, -0.05) is 23.7 Å². The monoisotopic (exact) mass is 241 g/mol. The summed E-state index contributed by atoms with van der Waals surface area (Å²) in [5, 5.41) is 8.92. The van der Waals surface area contributed by atoms with Crippen molar-refractivity contribution in [1.29, 1.82) is 0 Å². The number of ketones is 1. The second-order valence-corrected chi connectivity index (χ2v) is 4.20. The average molecular weight is 242 g/mol. The molecule has 1 unspecified atom stereocenters. The molecule has 1 aromatic rings. The Balaban J connectivity index is 3.02. The first-order valence-corrected chi connectivity index (χ1v) is 5.02. The van der Waals surface area contributed by atoms with Gasteiger partial charge in [0.1, 0.15) is 0 Å². The van der Waals surface area contributed by atoms with Gasteiger partial charge in [-0.2, -0.15) is 0 Å². The third kappa shape index (κ3) is 2.81. The minimum Gasteiger partial charge on any atom is -0.481 e. The van der Waals surface area contributed by atoms with Crippen LogP contribution in [-0.2, 0) is 4.79 Å². The highest BCUT2D eigenvalue weighted by Crippen LogP contribution is 2.21. The molecule has 0 aromatic heterocycles. The van der Waals surface area contributed by atoms with Crippen molar-refractivity contribution in [3.8, 4) is 0 Å². The normalized spacial score (nSPS) is 14.2. The van der Waals surface area contributed by atoms with E-state index in [-0.39, 0.29) is 10.6 Å². The number of rotatable bonds is 4. The molecule has 0 aliphatic rings. The average Bonchev–Trinajstić information content (AvgIpc) is 2.15. The first-order valence-electron chi connectivity index (χ1n) is 4.64. The molecule has 0 bridgehead atoms. The van der Waals surface area contributed by atoms with Gasteiger partial charge in [0.05, 0.1) is 17.0 Å². The molecule has 5 heteroatoms. The van der Waals surface area contributed by atoms with Gasteiger partial charge in [-0.3, -0.25) is 9.59 Å². The lowest BCUT2D eigenvalue weighted by Gasteiger charge is -2.21. The van der Waals surface area contributed by atoms with E-state index in [1.807, 2.05) is 0 Å². The van der Waals surface area contributed by atoms with Crippen LogP contribution in [0.15, 0.2) is 24.3 Å². The van der Waals surface area contributed by atoms with E-state index in [1.54, 1.807) is 18.2 Å². The Labute approximate surface area is 98.0 Å². The molecule has 86 valence electrons. The van der Waals surface area contributed by atoms with E-state index in [1.165, 1.54) is 13.0 Å². The van der Waals surface area contributed by atoms with Crippen LogP contribution in [0.2, 0.25) is 5.02 Å². The fourth-order valence-corrected chi connectivity index (χ4v) is 1.57. The summed E-state index contributed by atoms with van der Waals surface area (Å²) in [5.41, 5.74) is 4.47. The number of Topliss-reactive ketones (excluding diaryl/α,β-unsaturated/α-hetero) is 1. The number of hydrogen-bond acceptors (Lipinski definition) is 3. The molecule has 0 spiro atoms. The van der Waals surface area contributed by atoms with Crippen LogP contribution in [0, 0.1) is 0 Å². The number of carboxylic acid groups (broad SMARTS) is 1. The lowest BCUT2D eigenvalue weighted by atomic mass is 9.89. The Morgan fingerprint density at radius 1 is 1.44 bits per heavy atom. The molecule has 0 aliphatic heterocycles. The van der Waals surface area contributed by atoms with E-state index in [0.717, 1.165) is 0 Å². The molecule has 3 N–H and O–H groups in total. The van der Waals surface area contributed by atoms with Gasteiger partial charge in [-0.05, 0) is 19.1 Å². The van der Waals surface area contributed by atoms with Crippen molar-refractivity contribution < 1.29 is 14.7 Å². The van der Waals surface area contributed by atoms with Crippen molar-refractivity contribution in [3.63, 3.8) is 0 Å². The second kappa shape index (κ2) is 4.63. The quantitative estimate of drug-likeness (QED) is 0.787. The Morgan fingerprint density at radius 3 is 2.50 bits per heavy atom. The standard InChI is InChI=1S/C11H12ClNO3/c1-11(13,6-9(14)15)10(16)7-4-2-3-5-8(7)12/h2-5H,6,13H2,1H3,(H,14,15). The molecule has 1 rings (SSSR count). The Bertz CT molecular complexity index is 429. The number of aliphatic carboxylic acids is 1. The highest BCUT2D eigenvalue weighted by molar-refractivity contribution is 6.34. The molecule has 0 radical (unpaired) electrons. The number of carboxylic acids is 1. The summed E-state index contributed by atoms with van der Waals surface area (Å²) in [6.45, 7) is 1.38. The number of hydrogen-bond donors (Lipinski definition) is 2. The molecule has 4 nitrogen and oxygen atoms in total. The van der Waals surface area contributed by atoms with E-state index >= 15 is 0 Å². The summed E-state index contributed by atoms with van der Waals surface area (Å²) in [7, 11) is 0. The minimum atomic E-state index is -1.45. The summed E-state index contributed by atoms with van der Waals surface area (Å²) in [4.78, 5) is 22.5. The van der Waals surface area contributed by atoms with Crippen LogP contribution in [-0.4, -0.2) is 22.4 Å². The van der Waals surface area contributed by atoms with Crippen molar-refractivity contribution >= 4 is 23.4 Å². The molecular weight excluding hydrogens is 230 g/mol. The molecule has 0 fully saturated rings. The lowest BCUT2D eigenvalue weighted by molar-refractivity contribution is -0.137. The van der Waals surface area contributed by atoms with Gasteiger partial charge in [0.15, 0.2) is 5.78 Å². The van der Waals surface area contributed by atoms with Crippen LogP contribution < -0.4 is 5.73 Å². The van der Waals surface area contributed by atoms with Gasteiger partial charge in [-0.15, -0.1) is 0 Å². The topological polar surface area (TPSA) is 80.4 Å². The van der Waals surface area contributed by atoms with E-state index in [0.29, 0.717) is 0 Å². The van der Waals surface area contributed by atoms with Crippen molar-refractivity contribution in [1.82, 2.24) is 0 Å². The summed E-state index contributed by atoms with van der Waals surface area (Å²) >= 11 is 5.84. The third-order valence-corrected chi connectivity index (χ3v) is 2.49. The predicted molar refractivity (Wildman–Crippen MR) is 60.6 cm³/mol. The molecule has 1 atom stereocenters. The fourth-order valence-electron chi connectivity index (χ4n) is 1.35. The zero-order valence-corrected chi connectivity index (χ0v) is 9.49. The van der Waals surface area contributed by atoms with Gasteiger partial charge in [-0.25, -0.2) is 0 Å². The zero-order chi connectivity index (χ0) is 12.3. The van der Waals surface area contributed by atoms with Crippen LogP contribution in [0.3, 0.4) is 0 Å².